The van der Waals surface area contributed by atoms with E-state index in [1.807, 2.05) is 6.92 Å². The van der Waals surface area contributed by atoms with Gasteiger partial charge in [-0.15, -0.1) is 0 Å². The normalized spacial score (nSPS) is 21.5. The van der Waals surface area contributed by atoms with Gasteiger partial charge >= 0.3 is 0 Å². The van der Waals surface area contributed by atoms with Crippen molar-refractivity contribution in [2.45, 2.75) is 45.1 Å². The Hall–Kier alpha value is -0.0800. The second-order valence-corrected chi connectivity index (χ2v) is 3.89. The smallest absolute Gasteiger partial charge is 0.0590 e. The molecule has 0 unspecified atom stereocenters. The highest BCUT2D eigenvalue weighted by atomic mass is 16.5. The fourth-order valence-corrected chi connectivity index (χ4v) is 1.90. The molecule has 0 aromatic carbocycles. The van der Waals surface area contributed by atoms with Crippen LogP contribution in [0.15, 0.2) is 0 Å². The van der Waals surface area contributed by atoms with E-state index in [-0.39, 0.29) is 0 Å². The Labute approximate surface area is 75.7 Å². The van der Waals surface area contributed by atoms with Gasteiger partial charge in [0.15, 0.2) is 0 Å². The maximum atomic E-state index is 5.28. The molecule has 1 aliphatic rings. The highest BCUT2D eigenvalue weighted by Gasteiger charge is 2.27. The van der Waals surface area contributed by atoms with Crippen LogP contribution >= 0.6 is 0 Å². The topological polar surface area (TPSA) is 21.3 Å². The predicted molar refractivity (Wildman–Crippen MR) is 51.4 cm³/mol. The zero-order valence-corrected chi connectivity index (χ0v) is 8.36. The molecule has 0 radical (unpaired) electrons. The Morgan fingerprint density at radius 1 is 1.33 bits per heavy atom. The molecule has 1 aliphatic carbocycles. The molecular weight excluding hydrogens is 150 g/mol. The van der Waals surface area contributed by atoms with E-state index in [1.54, 1.807) is 0 Å². The van der Waals surface area contributed by atoms with E-state index in [9.17, 15) is 0 Å². The molecule has 2 heteroatoms. The van der Waals surface area contributed by atoms with Crippen LogP contribution in [0.4, 0.5) is 0 Å². The highest BCUT2D eigenvalue weighted by molar-refractivity contribution is 4.87. The van der Waals surface area contributed by atoms with Crippen LogP contribution in [0.2, 0.25) is 0 Å². The highest BCUT2D eigenvalue weighted by Crippen LogP contribution is 2.28. The Balaban J connectivity index is 2.05. The van der Waals surface area contributed by atoms with Crippen LogP contribution < -0.4 is 5.32 Å². The van der Waals surface area contributed by atoms with E-state index in [1.165, 1.54) is 25.7 Å². The number of hydrogen-bond donors (Lipinski definition) is 1. The second-order valence-electron chi connectivity index (χ2n) is 3.89. The number of rotatable bonds is 5. The summed E-state index contributed by atoms with van der Waals surface area (Å²) in [5, 5.41) is 3.57. The zero-order chi connectivity index (χ0) is 8.86. The third kappa shape index (κ3) is 3.11. The largest absolute Gasteiger partial charge is 0.380 e. The van der Waals surface area contributed by atoms with E-state index in [0.717, 1.165) is 19.8 Å². The molecule has 1 rings (SSSR count). The summed E-state index contributed by atoms with van der Waals surface area (Å²) in [4.78, 5) is 0. The van der Waals surface area contributed by atoms with Crippen LogP contribution in [0.1, 0.15) is 39.5 Å². The molecule has 0 bridgehead atoms. The van der Waals surface area contributed by atoms with Crippen LogP contribution in [0.5, 0.6) is 0 Å². The summed E-state index contributed by atoms with van der Waals surface area (Å²) >= 11 is 0. The quantitative estimate of drug-likeness (QED) is 0.638. The first kappa shape index (κ1) is 10.0. The molecule has 0 atom stereocenters. The van der Waals surface area contributed by atoms with Crippen molar-refractivity contribution in [2.75, 3.05) is 19.8 Å². The molecule has 0 aromatic heterocycles. The second kappa shape index (κ2) is 4.83. The van der Waals surface area contributed by atoms with Crippen molar-refractivity contribution in [3.8, 4) is 0 Å². The number of hydrogen-bond acceptors (Lipinski definition) is 2. The van der Waals surface area contributed by atoms with Gasteiger partial charge in [0.1, 0.15) is 0 Å². The van der Waals surface area contributed by atoms with Crippen LogP contribution in [0, 0.1) is 0 Å². The van der Waals surface area contributed by atoms with E-state index < -0.39 is 0 Å². The minimum Gasteiger partial charge on any atom is -0.380 e. The predicted octanol–water partition coefficient (Wildman–Crippen LogP) is 1.95. The Kier molecular flexibility index (Phi) is 4.02. The van der Waals surface area contributed by atoms with Gasteiger partial charge in [-0.2, -0.15) is 0 Å². The maximum absolute atomic E-state index is 5.28. The first-order chi connectivity index (χ1) is 5.77. The molecular formula is C10H21NO. The van der Waals surface area contributed by atoms with Gasteiger partial charge in [0.2, 0.25) is 0 Å². The Morgan fingerprint density at radius 3 is 2.58 bits per heavy atom. The summed E-state index contributed by atoms with van der Waals surface area (Å²) in [5.74, 6) is 0. The van der Waals surface area contributed by atoms with Crippen LogP contribution in [-0.4, -0.2) is 25.3 Å². The van der Waals surface area contributed by atoms with Crippen molar-refractivity contribution in [3.63, 3.8) is 0 Å². The fourth-order valence-electron chi connectivity index (χ4n) is 1.90. The molecule has 1 saturated carbocycles. The van der Waals surface area contributed by atoms with Gasteiger partial charge in [0.25, 0.3) is 0 Å². The van der Waals surface area contributed by atoms with Crippen molar-refractivity contribution >= 4 is 0 Å². The first-order valence-electron chi connectivity index (χ1n) is 5.10. The molecule has 0 saturated heterocycles. The van der Waals surface area contributed by atoms with Gasteiger partial charge in [-0.1, -0.05) is 12.8 Å². The molecule has 0 heterocycles. The van der Waals surface area contributed by atoms with Gasteiger partial charge in [-0.3, -0.25) is 0 Å². The molecule has 1 N–H and O–H groups in total. The minimum atomic E-state index is 0.414. The Bertz CT molecular complexity index is 119. The first-order valence-corrected chi connectivity index (χ1v) is 5.10. The minimum absolute atomic E-state index is 0.414. The summed E-state index contributed by atoms with van der Waals surface area (Å²) in [5.41, 5.74) is 0.414. The molecule has 0 amide bonds. The fraction of sp³-hybridized carbons (Fsp3) is 1.00. The lowest BCUT2D eigenvalue weighted by Gasteiger charge is -2.25. The van der Waals surface area contributed by atoms with E-state index in [4.69, 9.17) is 4.74 Å². The molecule has 0 aliphatic heterocycles. The zero-order valence-electron chi connectivity index (χ0n) is 8.36. The van der Waals surface area contributed by atoms with E-state index in [0.29, 0.717) is 5.54 Å². The van der Waals surface area contributed by atoms with Crippen molar-refractivity contribution in [1.82, 2.24) is 5.32 Å². The summed E-state index contributed by atoms with van der Waals surface area (Å²) in [6, 6.07) is 0. The van der Waals surface area contributed by atoms with E-state index in [2.05, 4.69) is 12.2 Å². The third-order valence-electron chi connectivity index (χ3n) is 2.71. The molecule has 72 valence electrons. The average Bonchev–Trinajstić information content (AvgIpc) is 2.47. The van der Waals surface area contributed by atoms with Crippen molar-refractivity contribution in [2.24, 2.45) is 0 Å². The van der Waals surface area contributed by atoms with Crippen molar-refractivity contribution in [1.29, 1.82) is 0 Å². The molecule has 12 heavy (non-hydrogen) atoms. The molecule has 1 fully saturated rings. The third-order valence-corrected chi connectivity index (χ3v) is 2.71. The van der Waals surface area contributed by atoms with Crippen LogP contribution in [0.25, 0.3) is 0 Å². The molecule has 2 nitrogen and oxygen atoms in total. The van der Waals surface area contributed by atoms with E-state index >= 15 is 0 Å². The van der Waals surface area contributed by atoms with Gasteiger partial charge in [-0.25, -0.2) is 0 Å². The monoisotopic (exact) mass is 171 g/mol. The molecule has 0 spiro atoms. The van der Waals surface area contributed by atoms with Crippen molar-refractivity contribution < 1.29 is 4.74 Å². The van der Waals surface area contributed by atoms with Gasteiger partial charge in [0, 0.05) is 18.7 Å². The van der Waals surface area contributed by atoms with Gasteiger partial charge in [0.05, 0.1) is 6.61 Å². The number of nitrogens with one attached hydrogen (secondary N) is 1. The molecule has 0 aromatic rings. The SMILES string of the molecule is CCOCCNC1(C)CCCC1. The van der Waals surface area contributed by atoms with Gasteiger partial charge in [-0.05, 0) is 26.7 Å². The summed E-state index contributed by atoms with van der Waals surface area (Å²) in [6.45, 7) is 7.05. The Morgan fingerprint density at radius 2 is 2.00 bits per heavy atom. The summed E-state index contributed by atoms with van der Waals surface area (Å²) < 4.78 is 5.28. The van der Waals surface area contributed by atoms with Crippen molar-refractivity contribution in [3.05, 3.63) is 0 Å². The lowest BCUT2D eigenvalue weighted by atomic mass is 10.0. The van der Waals surface area contributed by atoms with Gasteiger partial charge < -0.3 is 10.1 Å². The summed E-state index contributed by atoms with van der Waals surface area (Å²) in [7, 11) is 0. The average molecular weight is 171 g/mol. The maximum Gasteiger partial charge on any atom is 0.0590 e. The lowest BCUT2D eigenvalue weighted by molar-refractivity contribution is 0.141. The number of ether oxygens (including phenoxy) is 1. The van der Waals surface area contributed by atoms with Crippen LogP contribution in [0.3, 0.4) is 0 Å². The lowest BCUT2D eigenvalue weighted by Crippen LogP contribution is -2.41. The standard InChI is InChI=1S/C10H21NO/c1-3-12-9-8-11-10(2)6-4-5-7-10/h11H,3-9H2,1-2H3. The summed E-state index contributed by atoms with van der Waals surface area (Å²) in [6.07, 6.45) is 5.44. The van der Waals surface area contributed by atoms with Crippen LogP contribution in [-0.2, 0) is 4.74 Å².